The molecule has 0 saturated heterocycles. The van der Waals surface area contributed by atoms with Gasteiger partial charge in [-0.25, -0.2) is 0 Å². The average molecular weight is 215 g/mol. The molecule has 2 N–H and O–H groups in total. The Labute approximate surface area is 93.3 Å². The van der Waals surface area contributed by atoms with Gasteiger partial charge in [0.15, 0.2) is 0 Å². The molecule has 3 unspecified atom stereocenters. The highest BCUT2D eigenvalue weighted by atomic mass is 16.6. The topological polar surface area (TPSA) is 44.5 Å². The summed E-state index contributed by atoms with van der Waals surface area (Å²) in [6.45, 7) is 9.27. The van der Waals surface area contributed by atoms with Crippen LogP contribution in [0.4, 0.5) is 0 Å². The summed E-state index contributed by atoms with van der Waals surface area (Å²) in [5.41, 5.74) is 5.85. The first-order valence-electron chi connectivity index (χ1n) is 6.05. The fraction of sp³-hybridized carbons (Fsp3) is 1.00. The van der Waals surface area contributed by atoms with Crippen molar-refractivity contribution < 1.29 is 9.47 Å². The highest BCUT2D eigenvalue weighted by Gasteiger charge is 2.42. The van der Waals surface area contributed by atoms with Crippen molar-refractivity contribution in [1.82, 2.24) is 0 Å². The van der Waals surface area contributed by atoms with Gasteiger partial charge in [0.25, 0.3) is 0 Å². The lowest BCUT2D eigenvalue weighted by Gasteiger charge is -2.45. The summed E-state index contributed by atoms with van der Waals surface area (Å²) in [6.07, 6.45) is 3.28. The van der Waals surface area contributed by atoms with E-state index in [0.29, 0.717) is 0 Å². The van der Waals surface area contributed by atoms with Crippen molar-refractivity contribution in [3.8, 4) is 0 Å². The van der Waals surface area contributed by atoms with Gasteiger partial charge in [0.2, 0.25) is 0 Å². The van der Waals surface area contributed by atoms with Crippen molar-refractivity contribution in [3.63, 3.8) is 0 Å². The van der Waals surface area contributed by atoms with Crippen molar-refractivity contribution in [1.29, 1.82) is 0 Å². The Hall–Kier alpha value is -0.120. The van der Waals surface area contributed by atoms with E-state index < -0.39 is 0 Å². The molecule has 1 fully saturated rings. The number of nitrogens with two attached hydrogens (primary N) is 1. The fourth-order valence-corrected chi connectivity index (χ4v) is 1.71. The van der Waals surface area contributed by atoms with Crippen LogP contribution in [-0.4, -0.2) is 30.5 Å². The molecule has 1 rings (SSSR count). The zero-order valence-electron chi connectivity index (χ0n) is 10.5. The number of ether oxygens (including phenoxy) is 2. The molecule has 0 amide bonds. The van der Waals surface area contributed by atoms with Crippen molar-refractivity contribution in [2.24, 2.45) is 5.73 Å². The van der Waals surface area contributed by atoms with E-state index in [4.69, 9.17) is 15.2 Å². The molecule has 3 nitrogen and oxygen atoms in total. The molecule has 0 heterocycles. The van der Waals surface area contributed by atoms with Crippen molar-refractivity contribution in [2.45, 2.75) is 70.8 Å². The Morgan fingerprint density at radius 1 is 1.33 bits per heavy atom. The highest BCUT2D eigenvalue weighted by molar-refractivity contribution is 4.96. The van der Waals surface area contributed by atoms with E-state index in [1.165, 1.54) is 0 Å². The zero-order valence-corrected chi connectivity index (χ0v) is 10.5. The van der Waals surface area contributed by atoms with E-state index in [0.717, 1.165) is 25.9 Å². The van der Waals surface area contributed by atoms with Gasteiger partial charge in [0.1, 0.15) is 0 Å². The van der Waals surface area contributed by atoms with Crippen LogP contribution in [0.1, 0.15) is 47.0 Å². The zero-order chi connectivity index (χ0) is 11.5. The second-order valence-electron chi connectivity index (χ2n) is 5.00. The van der Waals surface area contributed by atoms with Gasteiger partial charge in [0, 0.05) is 12.6 Å². The first kappa shape index (κ1) is 12.9. The molecular weight excluding hydrogens is 190 g/mol. The van der Waals surface area contributed by atoms with Crippen LogP contribution < -0.4 is 5.73 Å². The standard InChI is InChI=1S/C12H25NO2/c1-5-7-14-11-9(13)8-10(11)15-12(3,4)6-2/h9-11H,5-8,13H2,1-4H3. The minimum absolute atomic E-state index is 0.0569. The minimum atomic E-state index is -0.0569. The lowest BCUT2D eigenvalue weighted by molar-refractivity contribution is -0.187. The molecule has 90 valence electrons. The van der Waals surface area contributed by atoms with E-state index in [-0.39, 0.29) is 23.9 Å². The molecular formula is C12H25NO2. The van der Waals surface area contributed by atoms with Gasteiger partial charge < -0.3 is 15.2 Å². The maximum atomic E-state index is 6.00. The van der Waals surface area contributed by atoms with E-state index in [9.17, 15) is 0 Å². The number of hydrogen-bond donors (Lipinski definition) is 1. The monoisotopic (exact) mass is 215 g/mol. The first-order chi connectivity index (χ1) is 7.00. The molecule has 0 aromatic heterocycles. The smallest absolute Gasteiger partial charge is 0.0988 e. The predicted octanol–water partition coefficient (Wildman–Crippen LogP) is 2.09. The van der Waals surface area contributed by atoms with Crippen LogP contribution in [0.3, 0.4) is 0 Å². The fourth-order valence-electron chi connectivity index (χ4n) is 1.71. The number of hydrogen-bond acceptors (Lipinski definition) is 3. The Balaban J connectivity index is 2.36. The second kappa shape index (κ2) is 5.28. The molecule has 0 radical (unpaired) electrons. The lowest BCUT2D eigenvalue weighted by atomic mass is 9.85. The number of rotatable bonds is 6. The molecule has 0 aliphatic heterocycles. The third-order valence-electron chi connectivity index (χ3n) is 3.13. The van der Waals surface area contributed by atoms with E-state index >= 15 is 0 Å². The maximum absolute atomic E-state index is 6.00. The maximum Gasteiger partial charge on any atom is 0.0988 e. The minimum Gasteiger partial charge on any atom is -0.374 e. The van der Waals surface area contributed by atoms with Crippen molar-refractivity contribution in [3.05, 3.63) is 0 Å². The summed E-state index contributed by atoms with van der Waals surface area (Å²) in [6, 6.07) is 0.161. The molecule has 3 atom stereocenters. The van der Waals surface area contributed by atoms with Crippen LogP contribution in [0.2, 0.25) is 0 Å². The van der Waals surface area contributed by atoms with Gasteiger partial charge in [-0.3, -0.25) is 0 Å². The molecule has 0 aromatic carbocycles. The molecule has 15 heavy (non-hydrogen) atoms. The molecule has 1 aliphatic carbocycles. The molecule has 1 aliphatic rings. The normalized spacial score (nSPS) is 31.4. The summed E-state index contributed by atoms with van der Waals surface area (Å²) in [7, 11) is 0. The molecule has 3 heteroatoms. The summed E-state index contributed by atoms with van der Waals surface area (Å²) in [4.78, 5) is 0. The second-order valence-corrected chi connectivity index (χ2v) is 5.00. The van der Waals surface area contributed by atoms with Gasteiger partial charge in [-0.1, -0.05) is 13.8 Å². The van der Waals surface area contributed by atoms with Crippen LogP contribution in [0, 0.1) is 0 Å². The Bertz CT molecular complexity index is 194. The Kier molecular flexibility index (Phi) is 4.56. The molecule has 0 aromatic rings. The Morgan fingerprint density at radius 2 is 2.00 bits per heavy atom. The lowest BCUT2D eigenvalue weighted by Crippen LogP contribution is -2.60. The first-order valence-corrected chi connectivity index (χ1v) is 6.05. The van der Waals surface area contributed by atoms with Crippen LogP contribution >= 0.6 is 0 Å². The molecule has 0 bridgehead atoms. The van der Waals surface area contributed by atoms with E-state index in [2.05, 4.69) is 27.7 Å². The third kappa shape index (κ3) is 3.44. The summed E-state index contributed by atoms with van der Waals surface area (Å²) in [5.74, 6) is 0. The largest absolute Gasteiger partial charge is 0.374 e. The van der Waals surface area contributed by atoms with E-state index in [1.807, 2.05) is 0 Å². The molecule has 0 spiro atoms. The van der Waals surface area contributed by atoms with Crippen LogP contribution in [-0.2, 0) is 9.47 Å². The van der Waals surface area contributed by atoms with Gasteiger partial charge in [-0.2, -0.15) is 0 Å². The van der Waals surface area contributed by atoms with Gasteiger partial charge >= 0.3 is 0 Å². The molecule has 1 saturated carbocycles. The Morgan fingerprint density at radius 3 is 2.47 bits per heavy atom. The quantitative estimate of drug-likeness (QED) is 0.738. The summed E-state index contributed by atoms with van der Waals surface area (Å²) in [5, 5.41) is 0. The summed E-state index contributed by atoms with van der Waals surface area (Å²) >= 11 is 0. The van der Waals surface area contributed by atoms with Crippen molar-refractivity contribution >= 4 is 0 Å². The third-order valence-corrected chi connectivity index (χ3v) is 3.13. The average Bonchev–Trinajstić information content (AvgIpc) is 2.17. The predicted molar refractivity (Wildman–Crippen MR) is 61.9 cm³/mol. The van der Waals surface area contributed by atoms with Crippen LogP contribution in [0.15, 0.2) is 0 Å². The van der Waals surface area contributed by atoms with Gasteiger partial charge in [-0.05, 0) is 33.1 Å². The highest BCUT2D eigenvalue weighted by Crippen LogP contribution is 2.30. The van der Waals surface area contributed by atoms with Crippen LogP contribution in [0.5, 0.6) is 0 Å². The van der Waals surface area contributed by atoms with E-state index in [1.54, 1.807) is 0 Å². The van der Waals surface area contributed by atoms with Gasteiger partial charge in [-0.15, -0.1) is 0 Å². The SMILES string of the molecule is CCCOC1C(N)CC1OC(C)(C)CC. The van der Waals surface area contributed by atoms with Crippen LogP contribution in [0.25, 0.3) is 0 Å². The summed E-state index contributed by atoms with van der Waals surface area (Å²) < 4.78 is 11.7. The van der Waals surface area contributed by atoms with Gasteiger partial charge in [0.05, 0.1) is 17.8 Å². The van der Waals surface area contributed by atoms with Crippen molar-refractivity contribution in [2.75, 3.05) is 6.61 Å².